The SMILES string of the molecule is Nc1nc(Nc2ccc3c(c2)CCC3)ccc1[N+](=O)[O-]. The molecule has 1 aromatic heterocycles. The predicted octanol–water partition coefficient (Wildman–Crippen LogP) is 2.80. The zero-order valence-corrected chi connectivity index (χ0v) is 10.8. The van der Waals surface area contributed by atoms with Crippen molar-refractivity contribution >= 4 is 23.0 Å². The van der Waals surface area contributed by atoms with Gasteiger partial charge in [0.15, 0.2) is 0 Å². The van der Waals surface area contributed by atoms with E-state index in [1.807, 2.05) is 6.07 Å². The highest BCUT2D eigenvalue weighted by Gasteiger charge is 2.14. The number of fused-ring (bicyclic) bond motifs is 1. The van der Waals surface area contributed by atoms with Crippen molar-refractivity contribution in [2.75, 3.05) is 11.1 Å². The third kappa shape index (κ3) is 2.27. The van der Waals surface area contributed by atoms with E-state index in [0.717, 1.165) is 18.5 Å². The Hall–Kier alpha value is -2.63. The number of anilines is 3. The van der Waals surface area contributed by atoms with Crippen molar-refractivity contribution in [1.29, 1.82) is 0 Å². The average Bonchev–Trinajstić information content (AvgIpc) is 2.85. The van der Waals surface area contributed by atoms with Gasteiger partial charge < -0.3 is 11.1 Å². The molecule has 0 unspecified atom stereocenters. The first-order valence-electron chi connectivity index (χ1n) is 6.43. The van der Waals surface area contributed by atoms with Gasteiger partial charge >= 0.3 is 5.69 Å². The summed E-state index contributed by atoms with van der Waals surface area (Å²) in [5, 5.41) is 13.8. The summed E-state index contributed by atoms with van der Waals surface area (Å²) in [4.78, 5) is 14.2. The van der Waals surface area contributed by atoms with Crippen molar-refractivity contribution in [1.82, 2.24) is 4.98 Å². The van der Waals surface area contributed by atoms with Gasteiger partial charge in [0, 0.05) is 11.8 Å². The summed E-state index contributed by atoms with van der Waals surface area (Å²) >= 11 is 0. The molecule has 0 saturated heterocycles. The van der Waals surface area contributed by atoms with E-state index in [1.165, 1.54) is 23.6 Å². The van der Waals surface area contributed by atoms with Crippen LogP contribution in [0.4, 0.5) is 23.0 Å². The molecule has 102 valence electrons. The molecule has 0 aliphatic heterocycles. The van der Waals surface area contributed by atoms with Crippen molar-refractivity contribution < 1.29 is 4.92 Å². The molecule has 1 aliphatic rings. The van der Waals surface area contributed by atoms with Gasteiger partial charge in [0.1, 0.15) is 5.82 Å². The normalized spacial score (nSPS) is 13.0. The zero-order chi connectivity index (χ0) is 14.1. The number of nitrogen functional groups attached to an aromatic ring is 1. The van der Waals surface area contributed by atoms with E-state index in [4.69, 9.17) is 5.73 Å². The summed E-state index contributed by atoms with van der Waals surface area (Å²) in [5.41, 5.74) is 9.07. The van der Waals surface area contributed by atoms with Gasteiger partial charge in [-0.1, -0.05) is 6.07 Å². The Balaban J connectivity index is 1.84. The minimum atomic E-state index is -0.540. The summed E-state index contributed by atoms with van der Waals surface area (Å²) in [5.74, 6) is 0.423. The molecule has 3 rings (SSSR count). The molecule has 0 saturated carbocycles. The Morgan fingerprint density at radius 3 is 2.75 bits per heavy atom. The summed E-state index contributed by atoms with van der Waals surface area (Å²) in [6.45, 7) is 0. The number of nitrogens with zero attached hydrogens (tertiary/aromatic N) is 2. The smallest absolute Gasteiger partial charge is 0.311 e. The molecule has 0 fully saturated rings. The zero-order valence-electron chi connectivity index (χ0n) is 10.8. The first-order valence-corrected chi connectivity index (χ1v) is 6.43. The molecule has 2 aromatic rings. The van der Waals surface area contributed by atoms with Crippen LogP contribution in [0, 0.1) is 10.1 Å². The lowest BCUT2D eigenvalue weighted by atomic mass is 10.1. The van der Waals surface area contributed by atoms with Gasteiger partial charge in [0.2, 0.25) is 5.82 Å². The van der Waals surface area contributed by atoms with Crippen LogP contribution in [0.5, 0.6) is 0 Å². The van der Waals surface area contributed by atoms with E-state index < -0.39 is 4.92 Å². The number of aryl methyl sites for hydroxylation is 2. The number of hydrogen-bond acceptors (Lipinski definition) is 5. The second-order valence-corrected chi connectivity index (χ2v) is 4.82. The number of nitrogens with two attached hydrogens (primary N) is 1. The number of nitro groups is 1. The van der Waals surface area contributed by atoms with Crippen molar-refractivity contribution in [2.45, 2.75) is 19.3 Å². The van der Waals surface area contributed by atoms with Gasteiger partial charge in [0.25, 0.3) is 0 Å². The molecule has 6 heteroatoms. The van der Waals surface area contributed by atoms with E-state index in [9.17, 15) is 10.1 Å². The molecule has 3 N–H and O–H groups in total. The Kier molecular flexibility index (Phi) is 2.98. The minimum Gasteiger partial charge on any atom is -0.378 e. The molecule has 6 nitrogen and oxygen atoms in total. The third-order valence-corrected chi connectivity index (χ3v) is 3.47. The second-order valence-electron chi connectivity index (χ2n) is 4.82. The molecule has 0 radical (unpaired) electrons. The standard InChI is InChI=1S/C14H14N4O2/c15-14-12(18(19)20)6-7-13(17-14)16-11-5-4-9-2-1-3-10(9)8-11/h4-8H,1-3H2,(H3,15,16,17). The highest BCUT2D eigenvalue weighted by Crippen LogP contribution is 2.27. The molecule has 1 heterocycles. The number of hydrogen-bond donors (Lipinski definition) is 2. The molecular formula is C14H14N4O2. The summed E-state index contributed by atoms with van der Waals surface area (Å²) in [6, 6.07) is 9.12. The van der Waals surface area contributed by atoms with Crippen LogP contribution >= 0.6 is 0 Å². The van der Waals surface area contributed by atoms with E-state index in [-0.39, 0.29) is 11.5 Å². The van der Waals surface area contributed by atoms with E-state index in [0.29, 0.717) is 5.82 Å². The Bertz CT molecular complexity index is 685. The van der Waals surface area contributed by atoms with Crippen LogP contribution in [0.1, 0.15) is 17.5 Å². The van der Waals surface area contributed by atoms with E-state index in [1.54, 1.807) is 6.07 Å². The lowest BCUT2D eigenvalue weighted by Gasteiger charge is -2.08. The van der Waals surface area contributed by atoms with Gasteiger partial charge in [-0.05, 0) is 48.6 Å². The Morgan fingerprint density at radius 2 is 2.00 bits per heavy atom. The van der Waals surface area contributed by atoms with Crippen LogP contribution in [-0.2, 0) is 12.8 Å². The summed E-state index contributed by atoms with van der Waals surface area (Å²) < 4.78 is 0. The predicted molar refractivity (Wildman–Crippen MR) is 77.1 cm³/mol. The number of aromatic nitrogens is 1. The van der Waals surface area contributed by atoms with Crippen molar-refractivity contribution in [3.05, 3.63) is 51.6 Å². The third-order valence-electron chi connectivity index (χ3n) is 3.47. The lowest BCUT2D eigenvalue weighted by molar-refractivity contribution is -0.384. The molecule has 0 bridgehead atoms. The van der Waals surface area contributed by atoms with E-state index >= 15 is 0 Å². The van der Waals surface area contributed by atoms with Gasteiger partial charge in [-0.25, -0.2) is 4.98 Å². The highest BCUT2D eigenvalue weighted by atomic mass is 16.6. The van der Waals surface area contributed by atoms with Gasteiger partial charge in [0.05, 0.1) is 4.92 Å². The van der Waals surface area contributed by atoms with Crippen LogP contribution in [0.2, 0.25) is 0 Å². The van der Waals surface area contributed by atoms with Gasteiger partial charge in [-0.3, -0.25) is 10.1 Å². The quantitative estimate of drug-likeness (QED) is 0.660. The van der Waals surface area contributed by atoms with Crippen LogP contribution in [0.3, 0.4) is 0 Å². The fraction of sp³-hybridized carbons (Fsp3) is 0.214. The summed E-state index contributed by atoms with van der Waals surface area (Å²) in [7, 11) is 0. The van der Waals surface area contributed by atoms with Crippen molar-refractivity contribution in [3.63, 3.8) is 0 Å². The van der Waals surface area contributed by atoms with Crippen LogP contribution in [-0.4, -0.2) is 9.91 Å². The monoisotopic (exact) mass is 270 g/mol. The summed E-state index contributed by atoms with van der Waals surface area (Å²) in [6.07, 6.45) is 3.43. The number of benzene rings is 1. The maximum Gasteiger partial charge on any atom is 0.311 e. The topological polar surface area (TPSA) is 94.1 Å². The number of nitrogens with one attached hydrogen (secondary N) is 1. The molecule has 1 aliphatic carbocycles. The lowest BCUT2D eigenvalue weighted by Crippen LogP contribution is -2.01. The first kappa shape index (κ1) is 12.4. The van der Waals surface area contributed by atoms with Gasteiger partial charge in [-0.15, -0.1) is 0 Å². The Morgan fingerprint density at radius 1 is 1.20 bits per heavy atom. The molecule has 20 heavy (non-hydrogen) atoms. The van der Waals surface area contributed by atoms with E-state index in [2.05, 4.69) is 22.4 Å². The fourth-order valence-electron chi connectivity index (χ4n) is 2.49. The number of rotatable bonds is 3. The second kappa shape index (κ2) is 4.80. The molecule has 0 spiro atoms. The average molecular weight is 270 g/mol. The van der Waals surface area contributed by atoms with Crippen LogP contribution in [0.25, 0.3) is 0 Å². The molecular weight excluding hydrogens is 256 g/mol. The van der Waals surface area contributed by atoms with Crippen molar-refractivity contribution in [3.8, 4) is 0 Å². The van der Waals surface area contributed by atoms with Crippen LogP contribution in [0.15, 0.2) is 30.3 Å². The Labute approximate surface area is 115 Å². The maximum absolute atomic E-state index is 10.7. The fourth-order valence-corrected chi connectivity index (χ4v) is 2.49. The maximum atomic E-state index is 10.7. The minimum absolute atomic E-state index is 0.0823. The molecule has 1 aromatic carbocycles. The molecule has 0 amide bonds. The largest absolute Gasteiger partial charge is 0.378 e. The molecule has 0 atom stereocenters. The first-order chi connectivity index (χ1) is 9.63. The highest BCUT2D eigenvalue weighted by molar-refractivity contribution is 5.63. The van der Waals surface area contributed by atoms with Crippen molar-refractivity contribution in [2.24, 2.45) is 0 Å². The van der Waals surface area contributed by atoms with Gasteiger partial charge in [-0.2, -0.15) is 0 Å². The van der Waals surface area contributed by atoms with Crippen LogP contribution < -0.4 is 11.1 Å². The number of pyridine rings is 1.